The number of fused-ring (bicyclic) bond motifs is 2. The summed E-state index contributed by atoms with van der Waals surface area (Å²) in [6.07, 6.45) is 2.91. The fourth-order valence-electron chi connectivity index (χ4n) is 3.01. The molecule has 33 heavy (non-hydrogen) atoms. The average molecular weight is 499 g/mol. The molecule has 5 aromatic rings. The van der Waals surface area contributed by atoms with E-state index in [4.69, 9.17) is 0 Å². The zero-order chi connectivity index (χ0) is 22.7. The van der Waals surface area contributed by atoms with Crippen molar-refractivity contribution >= 4 is 59.3 Å². The van der Waals surface area contributed by atoms with Gasteiger partial charge in [0, 0.05) is 12.4 Å². The summed E-state index contributed by atoms with van der Waals surface area (Å²) < 4.78 is 31.5. The highest BCUT2D eigenvalue weighted by molar-refractivity contribution is 7.90. The Balaban J connectivity index is 1.35. The number of hydrazine groups is 2. The van der Waals surface area contributed by atoms with Gasteiger partial charge in [0.2, 0.25) is 5.95 Å². The van der Waals surface area contributed by atoms with Crippen molar-refractivity contribution in [3.8, 4) is 0 Å². The largest absolute Gasteiger partial charge is 0.330 e. The lowest BCUT2D eigenvalue weighted by molar-refractivity contribution is 0.228. The first-order valence-corrected chi connectivity index (χ1v) is 12.9. The Morgan fingerprint density at radius 2 is 1.27 bits per heavy atom. The van der Waals surface area contributed by atoms with Gasteiger partial charge in [-0.3, -0.25) is 0 Å². The molecule has 0 aliphatic carbocycles. The number of hydrogen-bond donors (Lipinski definition) is 3. The van der Waals surface area contributed by atoms with Crippen LogP contribution in [-0.2, 0) is 23.3 Å². The molecule has 0 atom stereocenters. The Labute approximate surface area is 197 Å². The van der Waals surface area contributed by atoms with Crippen LogP contribution in [0.1, 0.15) is 10.0 Å². The van der Waals surface area contributed by atoms with E-state index in [-0.39, 0.29) is 19.0 Å². The Hall–Kier alpha value is -3.07. The second-order valence-electron chi connectivity index (χ2n) is 6.76. The van der Waals surface area contributed by atoms with Gasteiger partial charge >= 0.3 is 10.2 Å². The molecular formula is C20H18N8O2S3. The Morgan fingerprint density at radius 3 is 1.79 bits per heavy atom. The number of rotatable bonds is 9. The predicted molar refractivity (Wildman–Crippen MR) is 129 cm³/mol. The van der Waals surface area contributed by atoms with Gasteiger partial charge in [-0.2, -0.15) is 8.42 Å². The maximum Gasteiger partial charge on any atom is 0.330 e. The van der Waals surface area contributed by atoms with Gasteiger partial charge in [-0.1, -0.05) is 28.8 Å². The number of aromatic nitrogens is 4. The van der Waals surface area contributed by atoms with Crippen molar-refractivity contribution in [2.45, 2.75) is 13.1 Å². The molecule has 0 bridgehead atoms. The first kappa shape index (κ1) is 21.8. The van der Waals surface area contributed by atoms with Crippen molar-refractivity contribution in [1.82, 2.24) is 35.3 Å². The Bertz CT molecular complexity index is 1340. The molecule has 13 heteroatoms. The number of para-hydroxylation sites is 2. The monoisotopic (exact) mass is 498 g/mol. The van der Waals surface area contributed by atoms with Crippen molar-refractivity contribution in [3.05, 3.63) is 77.0 Å². The minimum atomic E-state index is -4.09. The van der Waals surface area contributed by atoms with Gasteiger partial charge in [0.1, 0.15) is 10.0 Å². The maximum absolute atomic E-state index is 13.1. The zero-order valence-corrected chi connectivity index (χ0v) is 19.5. The zero-order valence-electron chi connectivity index (χ0n) is 17.0. The van der Waals surface area contributed by atoms with Gasteiger partial charge in [-0.05, 0) is 30.3 Å². The molecule has 0 saturated heterocycles. The molecule has 3 N–H and O–H groups in total. The van der Waals surface area contributed by atoms with Gasteiger partial charge in [0.05, 0.1) is 33.5 Å². The molecule has 0 aliphatic rings. The molecule has 0 fully saturated rings. The van der Waals surface area contributed by atoms with Gasteiger partial charge in [0.25, 0.3) is 0 Å². The molecule has 0 amide bonds. The molecule has 0 aliphatic heterocycles. The van der Waals surface area contributed by atoms with E-state index >= 15 is 0 Å². The highest BCUT2D eigenvalue weighted by atomic mass is 32.2. The summed E-state index contributed by atoms with van der Waals surface area (Å²) in [5.74, 6) is -0.0360. The van der Waals surface area contributed by atoms with E-state index in [0.717, 1.165) is 35.0 Å². The van der Waals surface area contributed by atoms with Crippen LogP contribution >= 0.6 is 22.7 Å². The third kappa shape index (κ3) is 5.13. The minimum Gasteiger partial charge on any atom is -0.240 e. The van der Waals surface area contributed by atoms with Crippen LogP contribution in [0.4, 0.5) is 5.95 Å². The summed E-state index contributed by atoms with van der Waals surface area (Å²) in [5, 5.41) is 1.49. The number of hydrogen-bond acceptors (Lipinski definition) is 10. The molecule has 0 saturated carbocycles. The summed E-state index contributed by atoms with van der Waals surface area (Å²) in [6, 6.07) is 17.1. The number of benzene rings is 2. The molecule has 0 unspecified atom stereocenters. The lowest BCUT2D eigenvalue weighted by Crippen LogP contribution is -2.53. The fraction of sp³-hybridized carbons (Fsp3) is 0.100. The van der Waals surface area contributed by atoms with E-state index in [2.05, 4.69) is 35.5 Å². The molecule has 10 nitrogen and oxygen atoms in total. The predicted octanol–water partition coefficient (Wildman–Crippen LogP) is 3.06. The van der Waals surface area contributed by atoms with Crippen LogP contribution in [0.2, 0.25) is 0 Å². The van der Waals surface area contributed by atoms with Crippen molar-refractivity contribution in [2.75, 3.05) is 4.72 Å². The Kier molecular flexibility index (Phi) is 6.22. The van der Waals surface area contributed by atoms with Crippen LogP contribution < -0.4 is 15.6 Å². The first-order chi connectivity index (χ1) is 16.1. The minimum absolute atomic E-state index is 0.0360. The van der Waals surface area contributed by atoms with Crippen LogP contribution in [0.5, 0.6) is 0 Å². The van der Waals surface area contributed by atoms with Gasteiger partial charge in [-0.25, -0.2) is 35.5 Å². The van der Waals surface area contributed by atoms with Gasteiger partial charge < -0.3 is 0 Å². The maximum atomic E-state index is 13.1. The van der Waals surface area contributed by atoms with Crippen molar-refractivity contribution < 1.29 is 8.42 Å². The van der Waals surface area contributed by atoms with E-state index in [1.807, 2.05) is 48.5 Å². The molecule has 5 rings (SSSR count). The number of nitrogens with zero attached hydrogens (tertiary/aromatic N) is 5. The summed E-state index contributed by atoms with van der Waals surface area (Å²) in [4.78, 5) is 17.0. The number of nitrogens with one attached hydrogen (secondary N) is 3. The first-order valence-electron chi connectivity index (χ1n) is 9.83. The molecule has 0 spiro atoms. The summed E-state index contributed by atoms with van der Waals surface area (Å²) >= 11 is 2.99. The van der Waals surface area contributed by atoms with Crippen LogP contribution in [0.3, 0.4) is 0 Å². The van der Waals surface area contributed by atoms with E-state index in [0.29, 0.717) is 0 Å². The standard InChI is InChI=1S/C20H18N8O2S3/c29-33(30,27-20-21-10-5-11-22-20)28(23-12-18-25-14-6-1-3-8-16(14)31-18)24-13-19-26-15-7-2-4-9-17(15)32-19/h1-11,23-24H,12-13H2,(H,21,22,27). The van der Waals surface area contributed by atoms with Crippen LogP contribution in [0.15, 0.2) is 67.0 Å². The second kappa shape index (κ2) is 9.43. The van der Waals surface area contributed by atoms with Crippen molar-refractivity contribution in [2.24, 2.45) is 0 Å². The van der Waals surface area contributed by atoms with Crippen molar-refractivity contribution in [3.63, 3.8) is 0 Å². The van der Waals surface area contributed by atoms with Gasteiger partial charge in [-0.15, -0.1) is 22.7 Å². The highest BCUT2D eigenvalue weighted by Gasteiger charge is 2.24. The topological polar surface area (TPSA) is 125 Å². The smallest absolute Gasteiger partial charge is 0.240 e. The van der Waals surface area contributed by atoms with E-state index < -0.39 is 10.2 Å². The van der Waals surface area contributed by atoms with E-state index in [1.165, 1.54) is 35.1 Å². The summed E-state index contributed by atoms with van der Waals surface area (Å²) in [7, 11) is -4.09. The van der Waals surface area contributed by atoms with Crippen molar-refractivity contribution in [1.29, 1.82) is 0 Å². The summed E-state index contributed by atoms with van der Waals surface area (Å²) in [6.45, 7) is 0.394. The number of thiazole rings is 2. The molecule has 0 radical (unpaired) electrons. The SMILES string of the molecule is O=S(=O)(Nc1ncccn1)N(NCc1nc2ccccc2s1)NCc1nc2ccccc2s1. The lowest BCUT2D eigenvalue weighted by atomic mass is 10.3. The average Bonchev–Trinajstić information content (AvgIpc) is 3.42. The molecular weight excluding hydrogens is 480 g/mol. The number of anilines is 1. The normalized spacial score (nSPS) is 12.0. The van der Waals surface area contributed by atoms with E-state index in [1.54, 1.807) is 6.07 Å². The van der Waals surface area contributed by atoms with Gasteiger partial charge in [0.15, 0.2) is 0 Å². The van der Waals surface area contributed by atoms with Crippen LogP contribution in [0.25, 0.3) is 20.4 Å². The molecule has 168 valence electrons. The van der Waals surface area contributed by atoms with Crippen LogP contribution in [-0.4, -0.2) is 32.9 Å². The Morgan fingerprint density at radius 1 is 0.758 bits per heavy atom. The van der Waals surface area contributed by atoms with E-state index in [9.17, 15) is 8.42 Å². The van der Waals surface area contributed by atoms with Crippen LogP contribution in [0, 0.1) is 0 Å². The molecule has 3 aromatic heterocycles. The highest BCUT2D eigenvalue weighted by Crippen LogP contribution is 2.22. The fourth-order valence-corrected chi connectivity index (χ4v) is 5.70. The lowest BCUT2D eigenvalue weighted by Gasteiger charge is -2.22. The molecule has 2 aromatic carbocycles. The quantitative estimate of drug-likeness (QED) is 0.265. The summed E-state index contributed by atoms with van der Waals surface area (Å²) in [5.41, 5.74) is 7.54. The second-order valence-corrected chi connectivity index (χ2v) is 10.5. The molecule has 3 heterocycles. The third-order valence-corrected chi connectivity index (χ3v) is 7.70. The third-order valence-electron chi connectivity index (χ3n) is 4.45.